The van der Waals surface area contributed by atoms with Crippen molar-refractivity contribution in [3.63, 3.8) is 0 Å². The van der Waals surface area contributed by atoms with E-state index in [2.05, 4.69) is 31.1 Å². The topological polar surface area (TPSA) is 68.9 Å². The number of rotatable bonds is 3. The van der Waals surface area contributed by atoms with Gasteiger partial charge in [0.15, 0.2) is 0 Å². The summed E-state index contributed by atoms with van der Waals surface area (Å²) in [4.78, 5) is 20.1. The molecule has 0 bridgehead atoms. The summed E-state index contributed by atoms with van der Waals surface area (Å²) < 4.78 is 5.94. The minimum Gasteiger partial charge on any atom is -0.338 e. The Bertz CT molecular complexity index is 602. The number of hydrogen-bond acceptors (Lipinski definition) is 5. The highest BCUT2D eigenvalue weighted by atomic mass is 79.9. The van der Waals surface area contributed by atoms with E-state index in [0.717, 1.165) is 10.0 Å². The van der Waals surface area contributed by atoms with Crippen LogP contribution in [0.3, 0.4) is 0 Å². The van der Waals surface area contributed by atoms with Crippen molar-refractivity contribution in [1.82, 2.24) is 15.1 Å². The number of ketones is 1. The summed E-state index contributed by atoms with van der Waals surface area (Å²) in [7, 11) is 0. The highest BCUT2D eigenvalue weighted by molar-refractivity contribution is 9.10. The summed E-state index contributed by atoms with van der Waals surface area (Å²) in [5, 5.41) is 3.86. The molecule has 0 aromatic carbocycles. The van der Waals surface area contributed by atoms with Crippen LogP contribution >= 0.6 is 15.9 Å². The van der Waals surface area contributed by atoms with Crippen molar-refractivity contribution >= 4 is 21.7 Å². The average molecular weight is 324 g/mol. The van der Waals surface area contributed by atoms with Crippen LogP contribution < -0.4 is 0 Å². The van der Waals surface area contributed by atoms with E-state index < -0.39 is 5.41 Å². The first kappa shape index (κ1) is 13.9. The molecule has 2 rings (SSSR count). The van der Waals surface area contributed by atoms with Gasteiger partial charge < -0.3 is 4.52 Å². The third kappa shape index (κ3) is 3.47. The van der Waals surface area contributed by atoms with E-state index in [1.54, 1.807) is 12.4 Å². The van der Waals surface area contributed by atoms with E-state index in [-0.39, 0.29) is 12.2 Å². The van der Waals surface area contributed by atoms with Gasteiger partial charge in [0.2, 0.25) is 11.7 Å². The Morgan fingerprint density at radius 2 is 2.11 bits per heavy atom. The van der Waals surface area contributed by atoms with Crippen LogP contribution in [0.25, 0.3) is 11.4 Å². The van der Waals surface area contributed by atoms with Gasteiger partial charge in [0.25, 0.3) is 0 Å². The van der Waals surface area contributed by atoms with Crippen LogP contribution in [0.2, 0.25) is 0 Å². The largest absolute Gasteiger partial charge is 0.338 e. The highest BCUT2D eigenvalue weighted by Gasteiger charge is 2.23. The van der Waals surface area contributed by atoms with Crippen molar-refractivity contribution in [3.05, 3.63) is 28.8 Å². The molecule has 5 nitrogen and oxygen atoms in total. The number of carbonyl (C=O) groups excluding carboxylic acids is 1. The molecule has 2 aromatic rings. The van der Waals surface area contributed by atoms with Crippen LogP contribution in [-0.2, 0) is 11.2 Å². The van der Waals surface area contributed by atoms with E-state index >= 15 is 0 Å². The van der Waals surface area contributed by atoms with Crippen LogP contribution in [0, 0.1) is 5.41 Å². The third-order valence-electron chi connectivity index (χ3n) is 2.58. The molecule has 0 atom stereocenters. The highest BCUT2D eigenvalue weighted by Crippen LogP contribution is 2.21. The minimum atomic E-state index is -0.411. The molecule has 0 unspecified atom stereocenters. The summed E-state index contributed by atoms with van der Waals surface area (Å²) in [6.45, 7) is 5.60. The maximum absolute atomic E-state index is 11.9. The Kier molecular flexibility index (Phi) is 3.80. The van der Waals surface area contributed by atoms with E-state index in [4.69, 9.17) is 4.52 Å². The number of pyridine rings is 1. The van der Waals surface area contributed by atoms with Crippen LogP contribution in [0.1, 0.15) is 26.7 Å². The lowest BCUT2D eigenvalue weighted by Crippen LogP contribution is -2.22. The van der Waals surface area contributed by atoms with Gasteiger partial charge in [0.1, 0.15) is 5.78 Å². The Hall–Kier alpha value is -1.56. The Morgan fingerprint density at radius 1 is 1.37 bits per heavy atom. The monoisotopic (exact) mass is 323 g/mol. The second kappa shape index (κ2) is 5.21. The van der Waals surface area contributed by atoms with Crippen molar-refractivity contribution in [1.29, 1.82) is 0 Å². The van der Waals surface area contributed by atoms with Gasteiger partial charge in [-0.2, -0.15) is 4.98 Å². The van der Waals surface area contributed by atoms with Crippen LogP contribution in [0.5, 0.6) is 0 Å². The molecule has 0 N–H and O–H groups in total. The molecule has 6 heteroatoms. The number of aromatic nitrogens is 3. The SMILES string of the molecule is CC(C)(C)C(=O)Cc1nc(-c2cncc(Br)c2)no1. The van der Waals surface area contributed by atoms with Gasteiger partial charge in [-0.25, -0.2) is 0 Å². The number of halogens is 1. The average Bonchev–Trinajstić information content (AvgIpc) is 2.76. The summed E-state index contributed by atoms with van der Waals surface area (Å²) in [5.74, 6) is 0.829. The molecule has 0 spiro atoms. The molecule has 0 saturated heterocycles. The Morgan fingerprint density at radius 3 is 2.74 bits per heavy atom. The van der Waals surface area contributed by atoms with E-state index in [9.17, 15) is 4.79 Å². The van der Waals surface area contributed by atoms with Crippen LogP contribution in [-0.4, -0.2) is 20.9 Å². The van der Waals surface area contributed by atoms with E-state index in [1.165, 1.54) is 0 Å². The number of Topliss-reactive ketones (excluding diaryl/α,β-unsaturated/α-hetero) is 1. The molecule has 19 heavy (non-hydrogen) atoms. The standard InChI is InChI=1S/C13H14BrN3O2/c1-13(2,3)10(18)5-11-16-12(17-19-11)8-4-9(14)7-15-6-8/h4,6-7H,5H2,1-3H3. The van der Waals surface area contributed by atoms with Crippen molar-refractivity contribution in [3.8, 4) is 11.4 Å². The fraction of sp³-hybridized carbons (Fsp3) is 0.385. The predicted octanol–water partition coefficient (Wildman–Crippen LogP) is 3.05. The zero-order chi connectivity index (χ0) is 14.0. The normalized spacial score (nSPS) is 11.6. The summed E-state index contributed by atoms with van der Waals surface area (Å²) >= 11 is 3.33. The molecule has 0 radical (unpaired) electrons. The second-order valence-electron chi connectivity index (χ2n) is 5.25. The molecular weight excluding hydrogens is 310 g/mol. The Labute approximate surface area is 119 Å². The predicted molar refractivity (Wildman–Crippen MR) is 73.4 cm³/mol. The molecule has 2 heterocycles. The first-order valence-electron chi connectivity index (χ1n) is 5.83. The molecule has 100 valence electrons. The van der Waals surface area contributed by atoms with Crippen molar-refractivity contribution < 1.29 is 9.32 Å². The molecule has 0 saturated carbocycles. The minimum absolute atomic E-state index is 0.0649. The van der Waals surface area contributed by atoms with E-state index in [0.29, 0.717) is 11.7 Å². The van der Waals surface area contributed by atoms with Gasteiger partial charge in [0.05, 0.1) is 6.42 Å². The fourth-order valence-electron chi connectivity index (χ4n) is 1.38. The van der Waals surface area contributed by atoms with Gasteiger partial charge in [-0.15, -0.1) is 0 Å². The molecule has 0 aliphatic rings. The summed E-state index contributed by atoms with van der Waals surface area (Å²) in [5.41, 5.74) is 0.332. The van der Waals surface area contributed by atoms with E-state index in [1.807, 2.05) is 26.8 Å². The number of nitrogens with zero attached hydrogens (tertiary/aromatic N) is 3. The lowest BCUT2D eigenvalue weighted by molar-refractivity contribution is -0.125. The Balaban J connectivity index is 2.18. The lowest BCUT2D eigenvalue weighted by Gasteiger charge is -2.14. The molecule has 0 aliphatic carbocycles. The molecule has 0 fully saturated rings. The van der Waals surface area contributed by atoms with Gasteiger partial charge in [-0.1, -0.05) is 25.9 Å². The zero-order valence-electron chi connectivity index (χ0n) is 11.0. The fourth-order valence-corrected chi connectivity index (χ4v) is 1.75. The molecular formula is C13H14BrN3O2. The van der Waals surface area contributed by atoms with Crippen LogP contribution in [0.15, 0.2) is 27.5 Å². The smallest absolute Gasteiger partial charge is 0.234 e. The summed E-state index contributed by atoms with van der Waals surface area (Å²) in [6, 6.07) is 1.84. The molecule has 0 aliphatic heterocycles. The first-order valence-corrected chi connectivity index (χ1v) is 6.62. The summed E-state index contributed by atoms with van der Waals surface area (Å²) in [6.07, 6.45) is 3.47. The maximum atomic E-state index is 11.9. The van der Waals surface area contributed by atoms with Gasteiger partial charge >= 0.3 is 0 Å². The molecule has 0 amide bonds. The van der Waals surface area contributed by atoms with Crippen molar-refractivity contribution in [2.45, 2.75) is 27.2 Å². The van der Waals surface area contributed by atoms with Gasteiger partial charge in [-0.3, -0.25) is 9.78 Å². The first-order chi connectivity index (χ1) is 8.86. The van der Waals surface area contributed by atoms with Crippen LogP contribution in [0.4, 0.5) is 0 Å². The third-order valence-corrected chi connectivity index (χ3v) is 3.01. The van der Waals surface area contributed by atoms with Gasteiger partial charge in [-0.05, 0) is 22.0 Å². The van der Waals surface area contributed by atoms with Gasteiger partial charge in [0, 0.05) is 27.8 Å². The zero-order valence-corrected chi connectivity index (χ0v) is 12.6. The van der Waals surface area contributed by atoms with Crippen molar-refractivity contribution in [2.75, 3.05) is 0 Å². The number of carbonyl (C=O) groups is 1. The maximum Gasteiger partial charge on any atom is 0.234 e. The lowest BCUT2D eigenvalue weighted by atomic mass is 9.89. The number of hydrogen-bond donors (Lipinski definition) is 0. The molecule has 2 aromatic heterocycles. The second-order valence-corrected chi connectivity index (χ2v) is 6.17. The quantitative estimate of drug-likeness (QED) is 0.868. The van der Waals surface area contributed by atoms with Crippen molar-refractivity contribution in [2.24, 2.45) is 5.41 Å².